The predicted molar refractivity (Wildman–Crippen MR) is 122 cm³/mol. The molecule has 2 N–H and O–H groups in total. The number of halogens is 3. The maximum atomic E-state index is 13.0. The lowest BCUT2D eigenvalue weighted by atomic mass is 9.83. The van der Waals surface area contributed by atoms with Crippen LogP contribution in [0.3, 0.4) is 0 Å². The van der Waals surface area contributed by atoms with E-state index >= 15 is 0 Å². The number of nitrogens with one attached hydrogen (secondary N) is 1. The highest BCUT2D eigenvalue weighted by molar-refractivity contribution is 7.18. The summed E-state index contributed by atoms with van der Waals surface area (Å²) < 4.78 is 39.8. The molecule has 0 bridgehead atoms. The molecule has 1 aliphatic carbocycles. The van der Waals surface area contributed by atoms with E-state index in [1.807, 2.05) is 0 Å². The Labute approximate surface area is 194 Å². The summed E-state index contributed by atoms with van der Waals surface area (Å²) in [5.41, 5.74) is -1.30. The highest BCUT2D eigenvalue weighted by Crippen LogP contribution is 2.41. The molecular formula is C24H26F3N3O2S. The molecule has 2 aromatic heterocycles. The van der Waals surface area contributed by atoms with Crippen LogP contribution in [0.15, 0.2) is 30.3 Å². The zero-order chi connectivity index (χ0) is 24.0. The second-order valence-electron chi connectivity index (χ2n) is 9.29. The van der Waals surface area contributed by atoms with Crippen LogP contribution < -0.4 is 5.32 Å². The number of carbonyl (C=O) groups excluding carboxylic acids is 1. The fraction of sp³-hybridized carbons (Fsp3) is 0.458. The largest absolute Gasteiger partial charge is 0.433 e. The number of carbonyl (C=O) groups is 1. The van der Waals surface area contributed by atoms with E-state index in [0.29, 0.717) is 17.2 Å². The van der Waals surface area contributed by atoms with E-state index in [1.165, 1.54) is 18.9 Å². The fourth-order valence-electron chi connectivity index (χ4n) is 4.19. The van der Waals surface area contributed by atoms with Crippen molar-refractivity contribution in [3.63, 3.8) is 0 Å². The van der Waals surface area contributed by atoms with Gasteiger partial charge >= 0.3 is 6.18 Å². The quantitative estimate of drug-likeness (QED) is 0.451. The second kappa shape index (κ2) is 8.68. The molecule has 0 spiro atoms. The van der Waals surface area contributed by atoms with Crippen LogP contribution in [-0.4, -0.2) is 21.0 Å². The van der Waals surface area contributed by atoms with Crippen LogP contribution in [0.25, 0.3) is 10.2 Å². The summed E-state index contributed by atoms with van der Waals surface area (Å²) in [5, 5.41) is 14.4. The molecule has 1 aromatic carbocycles. The normalized spacial score (nSPS) is 19.6. The number of anilines is 1. The van der Waals surface area contributed by atoms with Crippen molar-refractivity contribution in [1.29, 1.82) is 0 Å². The highest BCUT2D eigenvalue weighted by Gasteiger charge is 2.33. The maximum Gasteiger partial charge on any atom is 0.433 e. The smallest absolute Gasteiger partial charge is 0.386 e. The molecule has 1 saturated carbocycles. The van der Waals surface area contributed by atoms with Crippen molar-refractivity contribution in [2.75, 3.05) is 5.32 Å². The Morgan fingerprint density at radius 1 is 1.12 bits per heavy atom. The van der Waals surface area contributed by atoms with Gasteiger partial charge in [0.1, 0.15) is 11.4 Å². The highest BCUT2D eigenvalue weighted by atomic mass is 32.1. The van der Waals surface area contributed by atoms with Crippen molar-refractivity contribution in [2.45, 2.75) is 64.1 Å². The Bertz CT molecular complexity index is 1180. The Hall–Kier alpha value is -2.52. The topological polar surface area (TPSA) is 75.1 Å². The molecule has 5 nitrogen and oxygen atoms in total. The second-order valence-corrected chi connectivity index (χ2v) is 10.4. The number of aliphatic hydroxyl groups is 1. The summed E-state index contributed by atoms with van der Waals surface area (Å²) in [5.74, 6) is 0.345. The number of thiazole rings is 1. The van der Waals surface area contributed by atoms with Gasteiger partial charge in [0.15, 0.2) is 0 Å². The number of nitrogens with zero attached hydrogens (tertiary/aromatic N) is 2. The standard InChI is InChI=1S/C24H26F3N3O2S/c1-13-7-9-14(10-8-13)22-30-18-11-15(23(2,3)32)17(12-19(18)33-22)29-21(31)16-5-4-6-20(28-16)24(25,26)27/h4-6,11-14,32H,7-10H2,1-3H3,(H,29,31)/t13-,14-. The summed E-state index contributed by atoms with van der Waals surface area (Å²) in [6.45, 7) is 5.43. The van der Waals surface area contributed by atoms with Crippen LogP contribution >= 0.6 is 11.3 Å². The van der Waals surface area contributed by atoms with Crippen molar-refractivity contribution in [1.82, 2.24) is 9.97 Å². The minimum Gasteiger partial charge on any atom is -0.386 e. The first-order valence-corrected chi connectivity index (χ1v) is 11.8. The van der Waals surface area contributed by atoms with Gasteiger partial charge < -0.3 is 10.4 Å². The number of hydrogen-bond donors (Lipinski definition) is 2. The number of fused-ring (bicyclic) bond motifs is 1. The number of amides is 1. The lowest BCUT2D eigenvalue weighted by Gasteiger charge is -2.24. The molecule has 3 aromatic rings. The molecule has 33 heavy (non-hydrogen) atoms. The zero-order valence-corrected chi connectivity index (χ0v) is 19.5. The number of hydrogen-bond acceptors (Lipinski definition) is 5. The van der Waals surface area contributed by atoms with E-state index in [9.17, 15) is 23.1 Å². The fourth-order valence-corrected chi connectivity index (χ4v) is 5.35. The van der Waals surface area contributed by atoms with E-state index in [-0.39, 0.29) is 5.69 Å². The first-order chi connectivity index (χ1) is 15.4. The van der Waals surface area contributed by atoms with E-state index in [1.54, 1.807) is 37.3 Å². The van der Waals surface area contributed by atoms with Crippen molar-refractivity contribution in [3.8, 4) is 0 Å². The number of aromatic nitrogens is 2. The van der Waals surface area contributed by atoms with E-state index in [2.05, 4.69) is 17.2 Å². The Morgan fingerprint density at radius 2 is 1.82 bits per heavy atom. The van der Waals surface area contributed by atoms with Crippen LogP contribution in [-0.2, 0) is 11.8 Å². The van der Waals surface area contributed by atoms with Crippen LogP contribution in [0.5, 0.6) is 0 Å². The molecular weight excluding hydrogens is 451 g/mol. The van der Waals surface area contributed by atoms with Gasteiger partial charge in [0.25, 0.3) is 5.91 Å². The minimum absolute atomic E-state index is 0.326. The Morgan fingerprint density at radius 3 is 2.45 bits per heavy atom. The number of benzene rings is 1. The molecule has 0 radical (unpaired) electrons. The lowest BCUT2D eigenvalue weighted by molar-refractivity contribution is -0.141. The van der Waals surface area contributed by atoms with Gasteiger partial charge in [-0.15, -0.1) is 11.3 Å². The third kappa shape index (κ3) is 5.19. The molecule has 9 heteroatoms. The van der Waals surface area contributed by atoms with Gasteiger partial charge in [-0.3, -0.25) is 4.79 Å². The molecule has 1 amide bonds. The van der Waals surface area contributed by atoms with E-state index in [0.717, 1.165) is 46.1 Å². The average Bonchev–Trinajstić information content (AvgIpc) is 3.15. The van der Waals surface area contributed by atoms with Gasteiger partial charge in [0.2, 0.25) is 0 Å². The van der Waals surface area contributed by atoms with Gasteiger partial charge in [-0.2, -0.15) is 13.2 Å². The van der Waals surface area contributed by atoms with Crippen LogP contribution in [0, 0.1) is 5.92 Å². The van der Waals surface area contributed by atoms with Gasteiger partial charge in [-0.05, 0) is 56.9 Å². The van der Waals surface area contributed by atoms with E-state index < -0.39 is 23.4 Å². The maximum absolute atomic E-state index is 13.0. The van der Waals surface area contributed by atoms with Crippen LogP contribution in [0.1, 0.15) is 79.1 Å². The van der Waals surface area contributed by atoms with Gasteiger partial charge in [-0.25, -0.2) is 9.97 Å². The zero-order valence-electron chi connectivity index (χ0n) is 18.7. The van der Waals surface area contributed by atoms with Crippen LogP contribution in [0.2, 0.25) is 0 Å². The molecule has 1 fully saturated rings. The summed E-state index contributed by atoms with van der Waals surface area (Å²) in [6, 6.07) is 6.67. The molecule has 0 aliphatic heterocycles. The molecule has 176 valence electrons. The molecule has 0 atom stereocenters. The number of alkyl halides is 3. The van der Waals surface area contributed by atoms with E-state index in [4.69, 9.17) is 4.98 Å². The monoisotopic (exact) mass is 477 g/mol. The first-order valence-electron chi connectivity index (χ1n) is 10.9. The lowest BCUT2D eigenvalue weighted by Crippen LogP contribution is -2.22. The van der Waals surface area contributed by atoms with Crippen molar-refractivity contribution in [3.05, 3.63) is 52.3 Å². The first kappa shape index (κ1) is 23.6. The van der Waals surface area contributed by atoms with Crippen molar-refractivity contribution >= 4 is 33.1 Å². The SMILES string of the molecule is CC(C)(O)c1cc2nc([C@H]3CC[C@H](C)CC3)sc2cc1NC(=O)c1cccc(C(F)(F)F)n1. The van der Waals surface area contributed by atoms with Gasteiger partial charge in [-0.1, -0.05) is 25.8 Å². The number of rotatable bonds is 4. The minimum atomic E-state index is -4.65. The molecule has 1 aliphatic rings. The van der Waals surface area contributed by atoms with Gasteiger partial charge in [0.05, 0.1) is 20.8 Å². The van der Waals surface area contributed by atoms with Crippen molar-refractivity contribution in [2.24, 2.45) is 5.92 Å². The van der Waals surface area contributed by atoms with Crippen molar-refractivity contribution < 1.29 is 23.1 Å². The molecule has 0 unspecified atom stereocenters. The summed E-state index contributed by atoms with van der Waals surface area (Å²) >= 11 is 1.56. The third-order valence-electron chi connectivity index (χ3n) is 6.09. The van der Waals surface area contributed by atoms with Gasteiger partial charge in [0, 0.05) is 17.2 Å². The Balaban J connectivity index is 1.68. The molecule has 4 rings (SSSR count). The number of pyridine rings is 1. The predicted octanol–water partition coefficient (Wildman–Crippen LogP) is 6.48. The summed E-state index contributed by atoms with van der Waals surface area (Å²) in [6.07, 6.45) is -0.140. The summed E-state index contributed by atoms with van der Waals surface area (Å²) in [4.78, 5) is 21.0. The molecule has 0 saturated heterocycles. The van der Waals surface area contributed by atoms with Crippen LogP contribution in [0.4, 0.5) is 18.9 Å². The average molecular weight is 478 g/mol. The Kier molecular flexibility index (Phi) is 6.22. The molecule has 2 heterocycles. The third-order valence-corrected chi connectivity index (χ3v) is 7.27. The summed E-state index contributed by atoms with van der Waals surface area (Å²) in [7, 11) is 0.